The van der Waals surface area contributed by atoms with Gasteiger partial charge in [-0.25, -0.2) is 0 Å². The summed E-state index contributed by atoms with van der Waals surface area (Å²) in [4.78, 5) is 27.3. The molecule has 6 aliphatic rings. The van der Waals surface area contributed by atoms with Gasteiger partial charge in [-0.15, -0.1) is 0 Å². The first-order valence-corrected chi connectivity index (χ1v) is 19.6. The van der Waals surface area contributed by atoms with Gasteiger partial charge < -0.3 is 14.7 Å². The van der Waals surface area contributed by atoms with Gasteiger partial charge in [0, 0.05) is 11.5 Å². The van der Waals surface area contributed by atoms with Crippen molar-refractivity contribution in [3.8, 4) is 0 Å². The SMILES string of the molecule is C=C(C)[C@@H]1CC[C@]2(CCN(C)C3CC3)CC[C@]3(C)[C@H](CC[C@@H]4[C@@]5(C)CC[C@H](OC(=O)CC(C)(C)CC(=O)O)C(C)(C)[C@@H]5CC[C@]43C)[C@@H]12. The standard InChI is InChI=1S/C42H69NO4/c1-27(2)29-15-20-42(23-24-43(10)28-11-12-28)22-21-40(8)30(36(29)42)13-14-32-39(7)18-17-33(38(5,6)31(39)16-19-41(32,40)9)47-35(46)26-37(3,4)25-34(44)45/h28-33,36H,1,11-26H2,2-10H3,(H,44,45)/t29-,30+,31-,32+,33-,36+,39-,40+,41+,42+/m0/s1. The Kier molecular flexibility index (Phi) is 8.95. The minimum atomic E-state index is -0.863. The molecule has 0 radical (unpaired) electrons. The summed E-state index contributed by atoms with van der Waals surface area (Å²) in [5, 5.41) is 9.33. The number of carbonyl (C=O) groups is 2. The van der Waals surface area contributed by atoms with E-state index in [9.17, 15) is 14.7 Å². The zero-order valence-electron chi connectivity index (χ0n) is 31.7. The van der Waals surface area contributed by atoms with E-state index in [4.69, 9.17) is 4.74 Å². The smallest absolute Gasteiger partial charge is 0.306 e. The highest BCUT2D eigenvalue weighted by Crippen LogP contribution is 2.78. The van der Waals surface area contributed by atoms with Crippen molar-refractivity contribution in [2.45, 2.75) is 164 Å². The molecular formula is C42H69NO4. The second-order valence-electron chi connectivity index (χ2n) is 20.3. The molecule has 0 aromatic heterocycles. The highest BCUT2D eigenvalue weighted by molar-refractivity contribution is 5.73. The van der Waals surface area contributed by atoms with E-state index >= 15 is 0 Å². The average Bonchev–Trinajstić information content (AvgIpc) is 3.73. The summed E-state index contributed by atoms with van der Waals surface area (Å²) in [5.74, 6) is 2.37. The van der Waals surface area contributed by atoms with Crippen LogP contribution in [0.15, 0.2) is 12.2 Å². The lowest BCUT2D eigenvalue weighted by Crippen LogP contribution is -2.66. The molecule has 0 bridgehead atoms. The quantitative estimate of drug-likeness (QED) is 0.188. The van der Waals surface area contributed by atoms with Crippen LogP contribution in [0, 0.1) is 62.1 Å². The van der Waals surface area contributed by atoms with Crippen molar-refractivity contribution in [1.82, 2.24) is 4.90 Å². The maximum atomic E-state index is 13.2. The molecule has 6 aliphatic carbocycles. The van der Waals surface area contributed by atoms with Gasteiger partial charge in [-0.2, -0.15) is 0 Å². The summed E-state index contributed by atoms with van der Waals surface area (Å²) in [5.41, 5.74) is 2.13. The maximum absolute atomic E-state index is 13.2. The Morgan fingerprint density at radius 1 is 0.851 bits per heavy atom. The molecule has 0 unspecified atom stereocenters. The number of allylic oxidation sites excluding steroid dienone is 1. The van der Waals surface area contributed by atoms with E-state index in [2.05, 4.69) is 60.1 Å². The monoisotopic (exact) mass is 652 g/mol. The number of nitrogens with zero attached hydrogens (tertiary/aromatic N) is 1. The summed E-state index contributed by atoms with van der Waals surface area (Å²) in [6.45, 7) is 24.8. The van der Waals surface area contributed by atoms with Crippen LogP contribution < -0.4 is 0 Å². The molecule has 6 rings (SSSR count). The van der Waals surface area contributed by atoms with Crippen molar-refractivity contribution in [2.24, 2.45) is 62.1 Å². The zero-order valence-corrected chi connectivity index (χ0v) is 31.7. The number of hydrogen-bond acceptors (Lipinski definition) is 4. The van der Waals surface area contributed by atoms with Gasteiger partial charge in [0.2, 0.25) is 0 Å². The van der Waals surface area contributed by atoms with Crippen LogP contribution >= 0.6 is 0 Å². The van der Waals surface area contributed by atoms with Gasteiger partial charge in [-0.1, -0.05) is 60.6 Å². The lowest BCUT2D eigenvalue weighted by molar-refractivity contribution is -0.250. The number of fused-ring (bicyclic) bond motifs is 7. The topological polar surface area (TPSA) is 66.8 Å². The Hall–Kier alpha value is -1.36. The summed E-state index contributed by atoms with van der Waals surface area (Å²) in [7, 11) is 2.38. The van der Waals surface area contributed by atoms with Crippen molar-refractivity contribution >= 4 is 11.9 Å². The molecule has 0 heterocycles. The fourth-order valence-electron chi connectivity index (χ4n) is 14.1. The number of carboxylic acid groups (broad SMARTS) is 1. The predicted octanol–water partition coefficient (Wildman–Crippen LogP) is 9.93. The van der Waals surface area contributed by atoms with Gasteiger partial charge in [0.1, 0.15) is 6.10 Å². The molecule has 0 spiro atoms. The first-order chi connectivity index (χ1) is 21.8. The normalized spacial score (nSPS) is 44.1. The summed E-state index contributed by atoms with van der Waals surface area (Å²) in [6, 6.07) is 0.842. The number of aliphatic carboxylic acids is 1. The van der Waals surface area contributed by atoms with Crippen molar-refractivity contribution in [1.29, 1.82) is 0 Å². The second-order valence-corrected chi connectivity index (χ2v) is 20.3. The second kappa shape index (κ2) is 11.9. The number of carboxylic acids is 1. The van der Waals surface area contributed by atoms with E-state index in [1.807, 2.05) is 13.8 Å². The molecule has 1 N–H and O–H groups in total. The van der Waals surface area contributed by atoms with E-state index < -0.39 is 11.4 Å². The fourth-order valence-corrected chi connectivity index (χ4v) is 14.1. The van der Waals surface area contributed by atoms with Gasteiger partial charge in [-0.3, -0.25) is 9.59 Å². The van der Waals surface area contributed by atoms with Gasteiger partial charge in [-0.05, 0) is 161 Å². The van der Waals surface area contributed by atoms with Gasteiger partial charge in [0.05, 0.1) is 12.8 Å². The third kappa shape index (κ3) is 5.77. The number of ether oxygens (including phenoxy) is 1. The highest BCUT2D eigenvalue weighted by Gasteiger charge is 2.71. The molecule has 6 saturated carbocycles. The van der Waals surface area contributed by atoms with E-state index in [1.54, 1.807) is 0 Å². The first-order valence-electron chi connectivity index (χ1n) is 19.6. The van der Waals surface area contributed by atoms with Crippen LogP contribution in [0.5, 0.6) is 0 Å². The molecule has 10 atom stereocenters. The Labute approximate surface area is 287 Å². The summed E-state index contributed by atoms with van der Waals surface area (Å²) >= 11 is 0. The Morgan fingerprint density at radius 2 is 1.55 bits per heavy atom. The van der Waals surface area contributed by atoms with Gasteiger partial charge in [0.15, 0.2) is 0 Å². The molecule has 0 amide bonds. The van der Waals surface area contributed by atoms with Crippen LogP contribution in [0.2, 0.25) is 0 Å². The largest absolute Gasteiger partial charge is 0.481 e. The maximum Gasteiger partial charge on any atom is 0.306 e. The van der Waals surface area contributed by atoms with Crippen LogP contribution in [0.1, 0.15) is 152 Å². The molecule has 5 nitrogen and oxygen atoms in total. The van der Waals surface area contributed by atoms with Gasteiger partial charge in [0.25, 0.3) is 0 Å². The van der Waals surface area contributed by atoms with E-state index in [0.717, 1.165) is 30.7 Å². The van der Waals surface area contributed by atoms with Crippen molar-refractivity contribution < 1.29 is 19.4 Å². The van der Waals surface area contributed by atoms with Crippen molar-refractivity contribution in [3.05, 3.63) is 12.2 Å². The van der Waals surface area contributed by atoms with Crippen LogP contribution in [0.4, 0.5) is 0 Å². The Balaban J connectivity index is 1.22. The first kappa shape index (κ1) is 35.5. The van der Waals surface area contributed by atoms with Crippen molar-refractivity contribution in [2.75, 3.05) is 13.6 Å². The van der Waals surface area contributed by atoms with Gasteiger partial charge >= 0.3 is 11.9 Å². The minimum Gasteiger partial charge on any atom is -0.481 e. The molecule has 0 aromatic rings. The van der Waals surface area contributed by atoms with E-state index in [0.29, 0.717) is 34.0 Å². The van der Waals surface area contributed by atoms with E-state index in [-0.39, 0.29) is 35.7 Å². The number of carbonyl (C=O) groups excluding carboxylic acids is 1. The highest BCUT2D eigenvalue weighted by atomic mass is 16.5. The summed E-state index contributed by atoms with van der Waals surface area (Å²) in [6.07, 6.45) is 17.0. The van der Waals surface area contributed by atoms with Crippen LogP contribution in [0.3, 0.4) is 0 Å². The predicted molar refractivity (Wildman–Crippen MR) is 190 cm³/mol. The molecule has 0 saturated heterocycles. The third-order valence-corrected chi connectivity index (χ3v) is 16.8. The van der Waals surface area contributed by atoms with E-state index in [1.165, 1.54) is 82.7 Å². The van der Waals surface area contributed by atoms with Crippen molar-refractivity contribution in [3.63, 3.8) is 0 Å². The van der Waals surface area contributed by atoms with Crippen LogP contribution in [-0.4, -0.2) is 47.7 Å². The third-order valence-electron chi connectivity index (χ3n) is 16.8. The number of rotatable bonds is 10. The molecule has 5 heteroatoms. The zero-order chi connectivity index (χ0) is 34.4. The molecule has 47 heavy (non-hydrogen) atoms. The lowest BCUT2D eigenvalue weighted by Gasteiger charge is -2.73. The Bertz CT molecular complexity index is 1250. The minimum absolute atomic E-state index is 0.0243. The summed E-state index contributed by atoms with van der Waals surface area (Å²) < 4.78 is 6.29. The fraction of sp³-hybridized carbons (Fsp3) is 0.905. The molecule has 266 valence electrons. The molecular weight excluding hydrogens is 582 g/mol. The van der Waals surface area contributed by atoms with Crippen LogP contribution in [-0.2, 0) is 14.3 Å². The molecule has 0 aliphatic heterocycles. The average molecular weight is 652 g/mol. The molecule has 0 aromatic carbocycles. The number of hydrogen-bond donors (Lipinski definition) is 1. The Morgan fingerprint density at radius 3 is 2.19 bits per heavy atom. The lowest BCUT2D eigenvalue weighted by atomic mass is 9.32. The number of esters is 1. The van der Waals surface area contributed by atoms with Crippen LogP contribution in [0.25, 0.3) is 0 Å². The molecule has 6 fully saturated rings.